The summed E-state index contributed by atoms with van der Waals surface area (Å²) in [6, 6.07) is 12.9. The molecule has 1 aromatic heterocycles. The van der Waals surface area contributed by atoms with Gasteiger partial charge in [0.15, 0.2) is 0 Å². The summed E-state index contributed by atoms with van der Waals surface area (Å²) in [7, 11) is 0. The van der Waals surface area contributed by atoms with Gasteiger partial charge in [0.2, 0.25) is 0 Å². The minimum atomic E-state index is -0.431. The Hall–Kier alpha value is -2.66. The van der Waals surface area contributed by atoms with Crippen LogP contribution in [0.4, 0.5) is 4.79 Å². The largest absolute Gasteiger partial charge is 0.444 e. The molecule has 5 rings (SSSR count). The highest BCUT2D eigenvalue weighted by Gasteiger charge is 2.52. The highest BCUT2D eigenvalue weighted by molar-refractivity contribution is 5.70. The lowest BCUT2D eigenvalue weighted by Crippen LogP contribution is -2.62. The number of ether oxygens (including phenoxy) is 1. The molecule has 0 radical (unpaired) electrons. The van der Waals surface area contributed by atoms with E-state index in [4.69, 9.17) is 4.74 Å². The molecule has 1 aromatic carbocycles. The smallest absolute Gasteiger partial charge is 0.410 e. The zero-order valence-electron chi connectivity index (χ0n) is 19.4. The Labute approximate surface area is 191 Å². The van der Waals surface area contributed by atoms with Crippen LogP contribution in [0.25, 0.3) is 6.08 Å². The molecule has 2 fully saturated rings. The summed E-state index contributed by atoms with van der Waals surface area (Å²) in [6.45, 7) is 10.4. The molecule has 2 aromatic rings. The van der Waals surface area contributed by atoms with Gasteiger partial charge in [-0.1, -0.05) is 42.0 Å². The zero-order valence-corrected chi connectivity index (χ0v) is 19.4. The van der Waals surface area contributed by atoms with Crippen molar-refractivity contribution in [3.63, 3.8) is 0 Å². The molecular weight excluding hydrogens is 398 g/mol. The minimum absolute atomic E-state index is 0.178. The van der Waals surface area contributed by atoms with Crippen LogP contribution in [0.15, 0.2) is 48.2 Å². The van der Waals surface area contributed by atoms with Crippen molar-refractivity contribution in [2.75, 3.05) is 19.6 Å². The number of hydrogen-bond donors (Lipinski definition) is 0. The lowest BCUT2D eigenvalue weighted by atomic mass is 9.60. The quantitative estimate of drug-likeness (QED) is 0.682. The first-order chi connectivity index (χ1) is 15.3. The number of rotatable bonds is 3. The van der Waals surface area contributed by atoms with Gasteiger partial charge in [-0.15, -0.1) is 0 Å². The molecule has 0 bridgehead atoms. The van der Waals surface area contributed by atoms with E-state index in [1.54, 1.807) is 0 Å². The van der Waals surface area contributed by atoms with Gasteiger partial charge in [-0.05, 0) is 56.4 Å². The zero-order chi connectivity index (χ0) is 22.3. The Kier molecular flexibility index (Phi) is 5.32. The van der Waals surface area contributed by atoms with E-state index >= 15 is 0 Å². The van der Waals surface area contributed by atoms with Crippen LogP contribution in [0.3, 0.4) is 0 Å². The maximum absolute atomic E-state index is 12.2. The van der Waals surface area contributed by atoms with Gasteiger partial charge in [0, 0.05) is 56.5 Å². The third-order valence-corrected chi connectivity index (χ3v) is 6.74. The van der Waals surface area contributed by atoms with Crippen LogP contribution in [0.1, 0.15) is 56.0 Å². The molecule has 1 saturated heterocycles. The molecule has 0 atom stereocenters. The van der Waals surface area contributed by atoms with Gasteiger partial charge < -0.3 is 9.64 Å². The number of hydrogen-bond acceptors (Lipinski definition) is 4. The number of benzene rings is 1. The van der Waals surface area contributed by atoms with Gasteiger partial charge in [0.25, 0.3) is 0 Å². The molecule has 0 unspecified atom stereocenters. The first-order valence-corrected chi connectivity index (χ1v) is 11.7. The molecule has 3 heterocycles. The monoisotopic (exact) mass is 431 g/mol. The standard InChI is InChI=1S/C27H33N3O2/c1-26(2,3)32-25(31)30-18-27(19-30)14-21(15-27)13-22-9-11-28-24-10-12-29(17-23(22)24)16-20-7-5-4-6-8-20/h4-9,11,13H,10,12,14-19H2,1-3H3. The predicted octanol–water partition coefficient (Wildman–Crippen LogP) is 5.05. The molecule has 32 heavy (non-hydrogen) atoms. The number of fused-ring (bicyclic) bond motifs is 1. The van der Waals surface area contributed by atoms with E-state index in [9.17, 15) is 4.79 Å². The Bertz CT molecular complexity index is 1020. The van der Waals surface area contributed by atoms with Gasteiger partial charge in [-0.3, -0.25) is 9.88 Å². The average Bonchev–Trinajstić information content (AvgIpc) is 2.68. The molecule has 3 aliphatic rings. The molecule has 1 spiro atoms. The summed E-state index contributed by atoms with van der Waals surface area (Å²) in [5.41, 5.74) is 6.64. The summed E-state index contributed by atoms with van der Waals surface area (Å²) < 4.78 is 5.50. The normalized spacial score (nSPS) is 19.7. The SMILES string of the molecule is CC(C)(C)OC(=O)N1CC2(CC(=Cc3ccnc4c3CN(Cc3ccccc3)CC4)C2)C1. The summed E-state index contributed by atoms with van der Waals surface area (Å²) in [4.78, 5) is 21.3. The van der Waals surface area contributed by atoms with E-state index in [1.807, 2.05) is 31.9 Å². The summed E-state index contributed by atoms with van der Waals surface area (Å²) in [6.07, 6.45) is 7.33. The van der Waals surface area contributed by atoms with Crippen LogP contribution >= 0.6 is 0 Å². The lowest BCUT2D eigenvalue weighted by Gasteiger charge is -2.56. The van der Waals surface area contributed by atoms with Crippen molar-refractivity contribution >= 4 is 12.2 Å². The number of aromatic nitrogens is 1. The Balaban J connectivity index is 1.21. The topological polar surface area (TPSA) is 45.7 Å². The summed E-state index contributed by atoms with van der Waals surface area (Å²) in [5.74, 6) is 0. The Morgan fingerprint density at radius 3 is 2.62 bits per heavy atom. The fourth-order valence-electron chi connectivity index (χ4n) is 5.31. The molecule has 1 aliphatic carbocycles. The van der Waals surface area contributed by atoms with Gasteiger partial charge in [-0.2, -0.15) is 0 Å². The summed E-state index contributed by atoms with van der Waals surface area (Å²) in [5, 5.41) is 0. The molecule has 1 saturated carbocycles. The van der Waals surface area contributed by atoms with E-state index in [0.717, 1.165) is 52.0 Å². The molecule has 1 amide bonds. The van der Waals surface area contributed by atoms with E-state index < -0.39 is 5.60 Å². The first-order valence-electron chi connectivity index (χ1n) is 11.7. The van der Waals surface area contributed by atoms with Crippen molar-refractivity contribution in [3.05, 3.63) is 70.6 Å². The van der Waals surface area contributed by atoms with Gasteiger partial charge in [0.05, 0.1) is 0 Å². The maximum Gasteiger partial charge on any atom is 0.410 e. The molecule has 5 heteroatoms. The number of carbonyl (C=O) groups excluding carboxylic acids is 1. The van der Waals surface area contributed by atoms with Crippen LogP contribution in [0.5, 0.6) is 0 Å². The molecule has 2 aliphatic heterocycles. The Morgan fingerprint density at radius 1 is 1.16 bits per heavy atom. The predicted molar refractivity (Wildman–Crippen MR) is 126 cm³/mol. The second kappa shape index (κ2) is 8.04. The van der Waals surface area contributed by atoms with Crippen molar-refractivity contribution < 1.29 is 9.53 Å². The fourth-order valence-corrected chi connectivity index (χ4v) is 5.31. The van der Waals surface area contributed by atoms with Crippen molar-refractivity contribution in [2.24, 2.45) is 5.41 Å². The molecule has 0 N–H and O–H groups in total. The third-order valence-electron chi connectivity index (χ3n) is 6.74. The average molecular weight is 432 g/mol. The van der Waals surface area contributed by atoms with Crippen molar-refractivity contribution in [2.45, 2.75) is 58.7 Å². The number of amides is 1. The maximum atomic E-state index is 12.2. The lowest BCUT2D eigenvalue weighted by molar-refractivity contribution is -0.0498. The highest BCUT2D eigenvalue weighted by atomic mass is 16.6. The number of likely N-dealkylation sites (tertiary alicyclic amines) is 1. The van der Waals surface area contributed by atoms with Gasteiger partial charge >= 0.3 is 6.09 Å². The highest BCUT2D eigenvalue weighted by Crippen LogP contribution is 2.52. The van der Waals surface area contributed by atoms with Crippen LogP contribution in [-0.2, 0) is 24.2 Å². The number of pyridine rings is 1. The van der Waals surface area contributed by atoms with Crippen molar-refractivity contribution in [3.8, 4) is 0 Å². The van der Waals surface area contributed by atoms with Crippen LogP contribution in [0, 0.1) is 5.41 Å². The van der Waals surface area contributed by atoms with Gasteiger partial charge in [-0.25, -0.2) is 4.79 Å². The molecule has 5 nitrogen and oxygen atoms in total. The van der Waals surface area contributed by atoms with E-state index in [2.05, 4.69) is 52.4 Å². The first kappa shape index (κ1) is 21.2. The summed E-state index contributed by atoms with van der Waals surface area (Å²) >= 11 is 0. The minimum Gasteiger partial charge on any atom is -0.444 e. The van der Waals surface area contributed by atoms with Crippen molar-refractivity contribution in [1.82, 2.24) is 14.8 Å². The van der Waals surface area contributed by atoms with Crippen LogP contribution in [0.2, 0.25) is 0 Å². The van der Waals surface area contributed by atoms with Crippen LogP contribution in [-0.4, -0.2) is 46.1 Å². The second-order valence-electron chi connectivity index (χ2n) is 10.8. The van der Waals surface area contributed by atoms with E-state index in [1.165, 1.54) is 28.0 Å². The number of allylic oxidation sites excluding steroid dienone is 1. The fraction of sp³-hybridized carbons (Fsp3) is 0.481. The van der Waals surface area contributed by atoms with E-state index in [0.29, 0.717) is 0 Å². The van der Waals surface area contributed by atoms with Gasteiger partial charge in [0.1, 0.15) is 5.60 Å². The van der Waals surface area contributed by atoms with Crippen molar-refractivity contribution in [1.29, 1.82) is 0 Å². The molecular formula is C27H33N3O2. The third kappa shape index (κ3) is 4.44. The molecule has 168 valence electrons. The number of nitrogens with zero attached hydrogens (tertiary/aromatic N) is 3. The van der Waals surface area contributed by atoms with Crippen LogP contribution < -0.4 is 0 Å². The Morgan fingerprint density at radius 2 is 1.91 bits per heavy atom. The second-order valence-corrected chi connectivity index (χ2v) is 10.8. The van der Waals surface area contributed by atoms with E-state index in [-0.39, 0.29) is 11.5 Å². The number of carbonyl (C=O) groups is 1.